The molecule has 2 aromatic rings. The van der Waals surface area contributed by atoms with Gasteiger partial charge in [-0.25, -0.2) is 4.79 Å². The van der Waals surface area contributed by atoms with Gasteiger partial charge < -0.3 is 15.0 Å². The number of nitrogens with zero attached hydrogens (tertiary/aromatic N) is 1. The number of benzene rings is 2. The van der Waals surface area contributed by atoms with Crippen LogP contribution in [0.1, 0.15) is 28.8 Å². The highest BCUT2D eigenvalue weighted by Gasteiger charge is 2.34. The van der Waals surface area contributed by atoms with Gasteiger partial charge in [-0.3, -0.25) is 9.59 Å². The van der Waals surface area contributed by atoms with Gasteiger partial charge in [0.05, 0.1) is 18.6 Å². The van der Waals surface area contributed by atoms with E-state index in [0.717, 1.165) is 12.8 Å². The van der Waals surface area contributed by atoms with E-state index in [1.165, 1.54) is 12.7 Å². The Morgan fingerprint density at radius 3 is 2.50 bits per heavy atom. The van der Waals surface area contributed by atoms with Gasteiger partial charge in [0.2, 0.25) is 11.8 Å². The number of methoxy groups -OCH3 is 1. The summed E-state index contributed by atoms with van der Waals surface area (Å²) < 4.78 is 4.67. The second kappa shape index (κ2) is 9.17. The molecule has 1 heterocycles. The third-order valence-electron chi connectivity index (χ3n) is 4.88. The quantitative estimate of drug-likeness (QED) is 0.592. The Morgan fingerprint density at radius 2 is 1.82 bits per heavy atom. The zero-order valence-electron chi connectivity index (χ0n) is 15.9. The van der Waals surface area contributed by atoms with Crippen LogP contribution in [0.15, 0.2) is 54.6 Å². The summed E-state index contributed by atoms with van der Waals surface area (Å²) in [5.41, 5.74) is 2.34. The lowest BCUT2D eigenvalue weighted by Gasteiger charge is -2.17. The fraction of sp³-hybridized carbons (Fsp3) is 0.318. The SMILES string of the molecule is COC(=O)c1ccc(N2CC(C(=O)NCCCc3ccccc3)CC2=O)cc1. The van der Waals surface area contributed by atoms with Gasteiger partial charge in [0, 0.05) is 25.2 Å². The smallest absolute Gasteiger partial charge is 0.337 e. The molecule has 1 fully saturated rings. The molecule has 0 saturated carbocycles. The van der Waals surface area contributed by atoms with E-state index in [1.54, 1.807) is 29.2 Å². The van der Waals surface area contributed by atoms with Gasteiger partial charge >= 0.3 is 5.97 Å². The summed E-state index contributed by atoms with van der Waals surface area (Å²) in [4.78, 5) is 37.8. The van der Waals surface area contributed by atoms with Crippen LogP contribution < -0.4 is 10.2 Å². The molecule has 0 aliphatic carbocycles. The number of aryl methyl sites for hydroxylation is 1. The second-order valence-corrected chi connectivity index (χ2v) is 6.82. The van der Waals surface area contributed by atoms with Crippen LogP contribution in [0, 0.1) is 5.92 Å². The number of anilines is 1. The molecule has 2 amide bonds. The molecule has 0 radical (unpaired) electrons. The summed E-state index contributed by atoms with van der Waals surface area (Å²) in [6.07, 6.45) is 1.96. The minimum absolute atomic E-state index is 0.0877. The molecular weight excluding hydrogens is 356 g/mol. The summed E-state index contributed by atoms with van der Waals surface area (Å²) in [6.45, 7) is 0.938. The molecule has 0 aromatic heterocycles. The standard InChI is InChI=1S/C22H24N2O4/c1-28-22(27)17-9-11-19(12-10-17)24-15-18(14-20(24)25)21(26)23-13-5-8-16-6-3-2-4-7-16/h2-4,6-7,9-12,18H,5,8,13-15H2,1H3,(H,23,26). The number of hydrogen-bond acceptors (Lipinski definition) is 4. The summed E-state index contributed by atoms with van der Waals surface area (Å²) in [5, 5.41) is 2.94. The first-order valence-corrected chi connectivity index (χ1v) is 9.39. The van der Waals surface area contributed by atoms with Crippen LogP contribution in [-0.2, 0) is 20.7 Å². The highest BCUT2D eigenvalue weighted by Crippen LogP contribution is 2.25. The lowest BCUT2D eigenvalue weighted by atomic mass is 10.1. The monoisotopic (exact) mass is 380 g/mol. The topological polar surface area (TPSA) is 75.7 Å². The molecule has 0 spiro atoms. The molecule has 146 valence electrons. The number of carbonyl (C=O) groups is 3. The molecule has 1 unspecified atom stereocenters. The first-order valence-electron chi connectivity index (χ1n) is 9.39. The largest absolute Gasteiger partial charge is 0.465 e. The Bertz CT molecular complexity index is 833. The predicted molar refractivity (Wildman–Crippen MR) is 106 cm³/mol. The van der Waals surface area contributed by atoms with Gasteiger partial charge in [-0.05, 0) is 42.7 Å². The van der Waals surface area contributed by atoms with Crippen molar-refractivity contribution in [3.8, 4) is 0 Å². The van der Waals surface area contributed by atoms with Crippen LogP contribution in [0.3, 0.4) is 0 Å². The van der Waals surface area contributed by atoms with E-state index in [-0.39, 0.29) is 24.2 Å². The Balaban J connectivity index is 1.49. The first-order chi connectivity index (χ1) is 13.6. The third kappa shape index (κ3) is 4.76. The lowest BCUT2D eigenvalue weighted by Crippen LogP contribution is -2.33. The van der Waals surface area contributed by atoms with E-state index < -0.39 is 5.97 Å². The molecule has 6 heteroatoms. The van der Waals surface area contributed by atoms with Crippen molar-refractivity contribution in [1.82, 2.24) is 5.32 Å². The Hall–Kier alpha value is -3.15. The number of carbonyl (C=O) groups excluding carboxylic acids is 3. The number of nitrogens with one attached hydrogen (secondary N) is 1. The second-order valence-electron chi connectivity index (χ2n) is 6.82. The average molecular weight is 380 g/mol. The van der Waals surface area contributed by atoms with Gasteiger partial charge in [-0.2, -0.15) is 0 Å². The van der Waals surface area contributed by atoms with Gasteiger partial charge in [-0.15, -0.1) is 0 Å². The molecule has 1 N–H and O–H groups in total. The number of ether oxygens (including phenoxy) is 1. The fourth-order valence-corrected chi connectivity index (χ4v) is 3.32. The van der Waals surface area contributed by atoms with Crippen LogP contribution in [0.4, 0.5) is 5.69 Å². The number of amides is 2. The summed E-state index contributed by atoms with van der Waals surface area (Å²) >= 11 is 0. The number of hydrogen-bond donors (Lipinski definition) is 1. The van der Waals surface area contributed by atoms with Crippen LogP contribution in [-0.4, -0.2) is 38.0 Å². The van der Waals surface area contributed by atoms with E-state index in [1.807, 2.05) is 18.2 Å². The van der Waals surface area contributed by atoms with Crippen molar-refractivity contribution in [2.24, 2.45) is 5.92 Å². The molecule has 1 aliphatic rings. The van der Waals surface area contributed by atoms with E-state index in [9.17, 15) is 14.4 Å². The van der Waals surface area contributed by atoms with E-state index in [2.05, 4.69) is 22.2 Å². The summed E-state index contributed by atoms with van der Waals surface area (Å²) in [5.74, 6) is -0.957. The maximum atomic E-state index is 12.4. The highest BCUT2D eigenvalue weighted by atomic mass is 16.5. The highest BCUT2D eigenvalue weighted by molar-refractivity contribution is 6.00. The molecule has 1 aliphatic heterocycles. The molecule has 2 aromatic carbocycles. The van der Waals surface area contributed by atoms with Gasteiger partial charge in [0.1, 0.15) is 0 Å². The van der Waals surface area contributed by atoms with Crippen LogP contribution in [0.2, 0.25) is 0 Å². The van der Waals surface area contributed by atoms with E-state index in [4.69, 9.17) is 0 Å². The van der Waals surface area contributed by atoms with Crippen LogP contribution in [0.5, 0.6) is 0 Å². The molecule has 3 rings (SSSR count). The minimum Gasteiger partial charge on any atom is -0.465 e. The third-order valence-corrected chi connectivity index (χ3v) is 4.88. The predicted octanol–water partition coefficient (Wildman–Crippen LogP) is 2.58. The normalized spacial score (nSPS) is 16.1. The van der Waals surface area contributed by atoms with E-state index >= 15 is 0 Å². The van der Waals surface area contributed by atoms with E-state index in [0.29, 0.717) is 24.3 Å². The van der Waals surface area contributed by atoms with Crippen molar-refractivity contribution >= 4 is 23.5 Å². The number of rotatable bonds is 7. The molecule has 28 heavy (non-hydrogen) atoms. The molecule has 1 atom stereocenters. The Labute approximate surface area is 164 Å². The molecule has 6 nitrogen and oxygen atoms in total. The maximum Gasteiger partial charge on any atom is 0.337 e. The Kier molecular flexibility index (Phi) is 6.42. The molecule has 1 saturated heterocycles. The average Bonchev–Trinajstić information content (AvgIpc) is 3.13. The van der Waals surface area contributed by atoms with Crippen LogP contribution in [0.25, 0.3) is 0 Å². The Morgan fingerprint density at radius 1 is 1.11 bits per heavy atom. The van der Waals surface area contributed by atoms with Crippen molar-refractivity contribution in [3.63, 3.8) is 0 Å². The van der Waals surface area contributed by atoms with Crippen molar-refractivity contribution in [3.05, 3.63) is 65.7 Å². The summed E-state index contributed by atoms with van der Waals surface area (Å²) in [7, 11) is 1.32. The summed E-state index contributed by atoms with van der Waals surface area (Å²) in [6, 6.07) is 16.8. The number of esters is 1. The van der Waals surface area contributed by atoms with Gasteiger partial charge in [-0.1, -0.05) is 30.3 Å². The lowest BCUT2D eigenvalue weighted by molar-refractivity contribution is -0.126. The molecule has 0 bridgehead atoms. The maximum absolute atomic E-state index is 12.4. The van der Waals surface area contributed by atoms with Crippen molar-refractivity contribution in [2.45, 2.75) is 19.3 Å². The van der Waals surface area contributed by atoms with Crippen LogP contribution >= 0.6 is 0 Å². The minimum atomic E-state index is -0.424. The van der Waals surface area contributed by atoms with Gasteiger partial charge in [0.25, 0.3) is 0 Å². The molecular formula is C22H24N2O4. The van der Waals surface area contributed by atoms with Crippen molar-refractivity contribution in [1.29, 1.82) is 0 Å². The first kappa shape index (κ1) is 19.6. The zero-order chi connectivity index (χ0) is 19.9. The fourth-order valence-electron chi connectivity index (χ4n) is 3.32. The van der Waals surface area contributed by atoms with Crippen molar-refractivity contribution in [2.75, 3.05) is 25.1 Å². The zero-order valence-corrected chi connectivity index (χ0v) is 15.9. The van der Waals surface area contributed by atoms with Crippen molar-refractivity contribution < 1.29 is 19.1 Å². The van der Waals surface area contributed by atoms with Gasteiger partial charge in [0.15, 0.2) is 0 Å².